The third kappa shape index (κ3) is 4.69. The van der Waals surface area contributed by atoms with E-state index in [2.05, 4.69) is 52.4 Å². The van der Waals surface area contributed by atoms with Gasteiger partial charge in [0.25, 0.3) is 5.89 Å². The van der Waals surface area contributed by atoms with Crippen molar-refractivity contribution in [2.75, 3.05) is 24.7 Å². The van der Waals surface area contributed by atoms with E-state index in [9.17, 15) is 4.79 Å². The van der Waals surface area contributed by atoms with E-state index in [-0.39, 0.29) is 5.91 Å². The number of rotatable bonds is 5. The van der Waals surface area contributed by atoms with Gasteiger partial charge in [0.2, 0.25) is 11.7 Å². The van der Waals surface area contributed by atoms with Crippen LogP contribution in [0.25, 0.3) is 11.4 Å². The zero-order valence-corrected chi connectivity index (χ0v) is 19.3. The fourth-order valence-electron chi connectivity index (χ4n) is 3.95. The van der Waals surface area contributed by atoms with E-state index < -0.39 is 0 Å². The van der Waals surface area contributed by atoms with Gasteiger partial charge in [0.1, 0.15) is 5.71 Å². The molecule has 0 radical (unpaired) electrons. The van der Waals surface area contributed by atoms with Gasteiger partial charge in [-0.15, -0.1) is 5.73 Å². The zero-order valence-electron chi connectivity index (χ0n) is 19.3. The van der Waals surface area contributed by atoms with Gasteiger partial charge in [-0.05, 0) is 61.8 Å². The predicted octanol–water partition coefficient (Wildman–Crippen LogP) is 3.93. The summed E-state index contributed by atoms with van der Waals surface area (Å²) in [6.07, 6.45) is 11.9. The highest BCUT2D eigenvalue weighted by Crippen LogP contribution is 2.24. The molecule has 1 saturated heterocycles. The van der Waals surface area contributed by atoms with Gasteiger partial charge in [-0.25, -0.2) is 0 Å². The van der Waals surface area contributed by atoms with Crippen molar-refractivity contribution in [2.45, 2.75) is 26.7 Å². The van der Waals surface area contributed by atoms with E-state index in [0.29, 0.717) is 37.9 Å². The molecule has 1 amide bonds. The molecule has 3 aliphatic rings. The van der Waals surface area contributed by atoms with Crippen LogP contribution in [0.3, 0.4) is 0 Å². The van der Waals surface area contributed by atoms with Gasteiger partial charge in [0.15, 0.2) is 0 Å². The van der Waals surface area contributed by atoms with Crippen molar-refractivity contribution in [1.82, 2.24) is 20.5 Å². The van der Waals surface area contributed by atoms with Crippen LogP contribution < -0.4 is 10.2 Å². The van der Waals surface area contributed by atoms with Crippen LogP contribution in [0.15, 0.2) is 86.8 Å². The Bertz CT molecular complexity index is 1290. The molecule has 8 nitrogen and oxygen atoms in total. The second-order valence-corrected chi connectivity index (χ2v) is 8.46. The van der Waals surface area contributed by atoms with Gasteiger partial charge in [-0.1, -0.05) is 29.5 Å². The van der Waals surface area contributed by atoms with Crippen LogP contribution in [0.2, 0.25) is 0 Å². The lowest BCUT2D eigenvalue weighted by Gasteiger charge is -2.25. The maximum Gasteiger partial charge on any atom is 0.274 e. The number of aromatic nitrogens is 2. The Labute approximate surface area is 198 Å². The predicted molar refractivity (Wildman–Crippen MR) is 131 cm³/mol. The summed E-state index contributed by atoms with van der Waals surface area (Å²) in [5, 5.41) is 14.0. The summed E-state index contributed by atoms with van der Waals surface area (Å²) in [6, 6.07) is 7.58. The highest BCUT2D eigenvalue weighted by Gasteiger charge is 2.22. The van der Waals surface area contributed by atoms with Crippen molar-refractivity contribution in [3.8, 4) is 11.4 Å². The molecule has 8 heteroatoms. The Morgan fingerprint density at radius 2 is 2.03 bits per heavy atom. The number of hydrazone groups is 1. The third-order valence-electron chi connectivity index (χ3n) is 5.93. The molecule has 0 unspecified atom stereocenters. The lowest BCUT2D eigenvalue weighted by molar-refractivity contribution is -0.116. The Morgan fingerprint density at radius 3 is 2.82 bits per heavy atom. The number of amides is 1. The number of allylic oxidation sites excluding steroid dienone is 6. The maximum absolute atomic E-state index is 11.9. The topological polar surface area (TPSA) is 86.9 Å². The largest absolute Gasteiger partial charge is 0.332 e. The molecule has 1 aliphatic carbocycles. The number of carbonyl (C=O) groups excluding carboxylic acids is 1. The molecular formula is C26H26N6O2. The van der Waals surface area contributed by atoms with Crippen LogP contribution in [0.5, 0.6) is 0 Å². The smallest absolute Gasteiger partial charge is 0.274 e. The zero-order chi connectivity index (χ0) is 23.5. The summed E-state index contributed by atoms with van der Waals surface area (Å²) in [6.45, 7) is 5.66. The van der Waals surface area contributed by atoms with Gasteiger partial charge in [-0.3, -0.25) is 20.0 Å². The van der Waals surface area contributed by atoms with E-state index in [1.807, 2.05) is 42.3 Å². The number of anilines is 1. The van der Waals surface area contributed by atoms with E-state index >= 15 is 0 Å². The van der Waals surface area contributed by atoms with Crippen LogP contribution in [-0.2, 0) is 4.79 Å². The molecular weight excluding hydrogens is 428 g/mol. The quantitative estimate of drug-likeness (QED) is 0.689. The van der Waals surface area contributed by atoms with Gasteiger partial charge in [0.05, 0.1) is 19.8 Å². The van der Waals surface area contributed by atoms with Crippen molar-refractivity contribution in [1.29, 1.82) is 0 Å². The van der Waals surface area contributed by atoms with Crippen LogP contribution in [0.1, 0.15) is 32.6 Å². The molecule has 0 spiro atoms. The van der Waals surface area contributed by atoms with Gasteiger partial charge in [-0.2, -0.15) is 10.1 Å². The monoisotopic (exact) mass is 454 g/mol. The first-order valence-electron chi connectivity index (χ1n) is 11.3. The van der Waals surface area contributed by atoms with Crippen molar-refractivity contribution in [3.05, 3.63) is 83.1 Å². The summed E-state index contributed by atoms with van der Waals surface area (Å²) >= 11 is 0. The van der Waals surface area contributed by atoms with Crippen LogP contribution in [0, 0.1) is 0 Å². The molecule has 0 bridgehead atoms. The summed E-state index contributed by atoms with van der Waals surface area (Å²) in [5.74, 6) is 0.969. The van der Waals surface area contributed by atoms with Crippen LogP contribution in [-0.4, -0.2) is 46.5 Å². The number of benzene rings is 1. The number of nitrogens with zero attached hydrogens (tertiary/aromatic N) is 5. The van der Waals surface area contributed by atoms with Crippen molar-refractivity contribution < 1.29 is 9.32 Å². The van der Waals surface area contributed by atoms with Crippen molar-refractivity contribution in [3.63, 3.8) is 0 Å². The molecule has 1 N–H and O–H groups in total. The molecule has 0 atom stereocenters. The molecule has 2 aliphatic heterocycles. The fourth-order valence-corrected chi connectivity index (χ4v) is 3.95. The van der Waals surface area contributed by atoms with Crippen molar-refractivity contribution >= 4 is 17.3 Å². The summed E-state index contributed by atoms with van der Waals surface area (Å²) < 4.78 is 5.56. The van der Waals surface area contributed by atoms with Crippen LogP contribution >= 0.6 is 0 Å². The number of carbonyl (C=O) groups is 1. The normalized spacial score (nSPS) is 20.8. The lowest BCUT2D eigenvalue weighted by Crippen LogP contribution is -2.25. The first-order chi connectivity index (χ1) is 16.6. The molecule has 1 aromatic carbocycles. The molecule has 34 heavy (non-hydrogen) atoms. The number of hydrogen-bond acceptors (Lipinski definition) is 7. The summed E-state index contributed by atoms with van der Waals surface area (Å²) in [7, 11) is 0. The minimum atomic E-state index is 0.0617. The van der Waals surface area contributed by atoms with E-state index in [1.54, 1.807) is 4.90 Å². The van der Waals surface area contributed by atoms with E-state index in [4.69, 9.17) is 9.62 Å². The summed E-state index contributed by atoms with van der Waals surface area (Å²) in [5.41, 5.74) is 9.09. The second kappa shape index (κ2) is 9.47. The highest BCUT2D eigenvalue weighted by molar-refractivity contribution is 5.98. The van der Waals surface area contributed by atoms with Crippen LogP contribution in [0.4, 0.5) is 5.69 Å². The summed E-state index contributed by atoms with van der Waals surface area (Å²) in [4.78, 5) is 18.2. The standard InChI is InChI=1S/C26H26N6O2/c1-18-5-3-7-20(8-4-6-18)16-32-19(2)9-14-23(29-32)26-28-25(30-34-26)21-10-12-22(13-11-21)31-17-27-15-24(31)33/h3-5,8-13,27H,7,14-17H2,1-2H3/b5-3-,20-8+. The molecule has 172 valence electrons. The molecule has 5 rings (SSSR count). The van der Waals surface area contributed by atoms with E-state index in [0.717, 1.165) is 34.7 Å². The lowest BCUT2D eigenvalue weighted by atomic mass is 10.1. The number of hydrogen-bond donors (Lipinski definition) is 1. The minimum absolute atomic E-state index is 0.0617. The molecule has 0 saturated carbocycles. The molecule has 1 aromatic heterocycles. The van der Waals surface area contributed by atoms with Gasteiger partial charge < -0.3 is 4.52 Å². The first-order valence-corrected chi connectivity index (χ1v) is 11.3. The van der Waals surface area contributed by atoms with Crippen molar-refractivity contribution in [2.24, 2.45) is 5.10 Å². The molecule has 2 aromatic rings. The van der Waals surface area contributed by atoms with E-state index in [1.165, 1.54) is 5.57 Å². The highest BCUT2D eigenvalue weighted by atomic mass is 16.5. The Balaban J connectivity index is 1.32. The van der Waals surface area contributed by atoms with Gasteiger partial charge in [0, 0.05) is 23.4 Å². The third-order valence-corrected chi connectivity index (χ3v) is 5.93. The average molecular weight is 455 g/mol. The molecule has 3 heterocycles. The molecule has 1 fully saturated rings. The average Bonchev–Trinajstić information content (AvgIpc) is 3.48. The van der Waals surface area contributed by atoms with Gasteiger partial charge >= 0.3 is 0 Å². The fraction of sp³-hybridized carbons (Fsp3) is 0.269. The SMILES string of the molecule is CC1=C=C/C=C(/CN2N=C(c3nc(-c4ccc(N5CNCC5=O)cc4)no3)CC=C2C)C/C=C\1. The minimum Gasteiger partial charge on any atom is -0.332 e. The Morgan fingerprint density at radius 1 is 1.18 bits per heavy atom. The maximum atomic E-state index is 11.9. The second-order valence-electron chi connectivity index (χ2n) is 8.46. The Kier molecular flexibility index (Phi) is 6.08. The Hall–Kier alpha value is -4.00. The first kappa shape index (κ1) is 21.8. The number of nitrogens with one attached hydrogen (secondary N) is 1.